The smallest absolute Gasteiger partial charge is 0.213 e. The van der Waals surface area contributed by atoms with Crippen molar-refractivity contribution in [3.63, 3.8) is 0 Å². The zero-order chi connectivity index (χ0) is 15.2. The molecule has 0 saturated heterocycles. The maximum absolute atomic E-state index is 5.69. The number of benzene rings is 2. The summed E-state index contributed by atoms with van der Waals surface area (Å²) in [6.07, 6.45) is 1.12. The van der Waals surface area contributed by atoms with Gasteiger partial charge in [-0.2, -0.15) is 0 Å². The van der Waals surface area contributed by atoms with Crippen molar-refractivity contribution >= 4 is 39.1 Å². The fourth-order valence-corrected chi connectivity index (χ4v) is 2.94. The molecule has 0 spiro atoms. The van der Waals surface area contributed by atoms with Crippen molar-refractivity contribution in [2.24, 2.45) is 0 Å². The summed E-state index contributed by atoms with van der Waals surface area (Å²) in [4.78, 5) is 3.51. The van der Waals surface area contributed by atoms with E-state index in [2.05, 4.69) is 64.1 Å². The molecule has 0 radical (unpaired) electrons. The van der Waals surface area contributed by atoms with Gasteiger partial charge < -0.3 is 10.6 Å². The van der Waals surface area contributed by atoms with E-state index in [0.29, 0.717) is 0 Å². The van der Waals surface area contributed by atoms with Gasteiger partial charge in [0.25, 0.3) is 0 Å². The molecule has 0 atom stereocenters. The van der Waals surface area contributed by atoms with Crippen molar-refractivity contribution in [1.82, 2.24) is 0 Å². The van der Waals surface area contributed by atoms with Crippen LogP contribution in [0.25, 0.3) is 21.8 Å². The van der Waals surface area contributed by atoms with Gasteiger partial charge in [-0.1, -0.05) is 24.3 Å². The van der Waals surface area contributed by atoms with Gasteiger partial charge >= 0.3 is 0 Å². The minimum atomic E-state index is 0.719. The number of halogens is 1. The molecule has 0 aliphatic carbocycles. The van der Waals surface area contributed by atoms with Crippen LogP contribution in [-0.4, -0.2) is 25.5 Å². The van der Waals surface area contributed by atoms with Crippen LogP contribution in [0.1, 0.15) is 6.42 Å². The molecular weight excluding hydrogens is 294 g/mol. The number of rotatable bonds is 7. The Morgan fingerprint density at radius 2 is 1.55 bits per heavy atom. The summed E-state index contributed by atoms with van der Waals surface area (Å²) in [5, 5.41) is 8.39. The van der Waals surface area contributed by atoms with Gasteiger partial charge in [-0.25, -0.2) is 4.98 Å². The van der Waals surface area contributed by atoms with Crippen LogP contribution in [-0.2, 0) is 0 Å². The molecule has 0 aliphatic rings. The summed E-state index contributed by atoms with van der Waals surface area (Å²) >= 11 is 5.69. The number of anilines is 1. The first-order valence-corrected chi connectivity index (χ1v) is 8.38. The number of nitrogens with two attached hydrogens (primary N) is 1. The number of pyridine rings is 1. The van der Waals surface area contributed by atoms with Crippen LogP contribution in [0.2, 0.25) is 0 Å². The molecule has 0 unspecified atom stereocenters. The molecule has 1 aromatic heterocycles. The quantitative estimate of drug-likeness (QED) is 0.392. The zero-order valence-electron chi connectivity index (χ0n) is 12.6. The van der Waals surface area contributed by atoms with Gasteiger partial charge in [0.1, 0.15) is 0 Å². The van der Waals surface area contributed by atoms with E-state index in [1.807, 2.05) is 0 Å². The van der Waals surface area contributed by atoms with Crippen molar-refractivity contribution in [1.29, 1.82) is 0 Å². The fraction of sp³-hybridized carbons (Fsp3) is 0.278. The van der Waals surface area contributed by atoms with Gasteiger partial charge in [0, 0.05) is 25.1 Å². The van der Waals surface area contributed by atoms with Crippen LogP contribution < -0.4 is 15.6 Å². The topological polar surface area (TPSA) is 42.8 Å². The van der Waals surface area contributed by atoms with Gasteiger partial charge in [0.2, 0.25) is 11.0 Å². The number of H-pyrrole nitrogens is 1. The predicted molar refractivity (Wildman–Crippen MR) is 93.5 cm³/mol. The van der Waals surface area contributed by atoms with Gasteiger partial charge in [0.15, 0.2) is 0 Å². The molecule has 114 valence electrons. The molecule has 1 heterocycles. The van der Waals surface area contributed by atoms with Gasteiger partial charge in [-0.3, -0.25) is 0 Å². The molecule has 22 heavy (non-hydrogen) atoms. The fourth-order valence-electron chi connectivity index (χ4n) is 2.78. The zero-order valence-corrected chi connectivity index (χ0v) is 13.4. The second-order valence-corrected chi connectivity index (χ2v) is 5.80. The summed E-state index contributed by atoms with van der Waals surface area (Å²) in [6.45, 7) is 3.07. The highest BCUT2D eigenvalue weighted by Crippen LogP contribution is 2.28. The molecule has 0 saturated carbocycles. The van der Waals surface area contributed by atoms with Crippen LogP contribution >= 0.6 is 11.6 Å². The maximum Gasteiger partial charge on any atom is 0.213 e. The maximum atomic E-state index is 5.69. The molecule has 3 aromatic rings. The Balaban J connectivity index is 1.85. The van der Waals surface area contributed by atoms with Crippen molar-refractivity contribution in [2.45, 2.75) is 6.42 Å². The number of aromatic nitrogens is 1. The number of aromatic amines is 1. The van der Waals surface area contributed by atoms with E-state index in [1.165, 1.54) is 16.5 Å². The number of para-hydroxylation sites is 2. The van der Waals surface area contributed by atoms with E-state index < -0.39 is 0 Å². The lowest BCUT2D eigenvalue weighted by Gasteiger charge is -2.10. The molecule has 4 N–H and O–H groups in total. The third-order valence-corrected chi connectivity index (χ3v) is 4.08. The molecule has 0 fully saturated rings. The van der Waals surface area contributed by atoms with E-state index in [1.54, 1.807) is 0 Å². The minimum Gasteiger partial charge on any atom is -0.383 e. The molecule has 0 amide bonds. The summed E-state index contributed by atoms with van der Waals surface area (Å²) in [6, 6.07) is 16.9. The SMILES string of the molecule is ClCC[NH2+]CCCNc1c2ccccc2[nH+]c2ccccc12. The van der Waals surface area contributed by atoms with Gasteiger partial charge in [0.05, 0.1) is 35.4 Å². The van der Waals surface area contributed by atoms with Crippen LogP contribution in [0, 0.1) is 0 Å². The molecule has 3 nitrogen and oxygen atoms in total. The highest BCUT2D eigenvalue weighted by atomic mass is 35.5. The second-order valence-electron chi connectivity index (χ2n) is 5.43. The van der Waals surface area contributed by atoms with Crippen LogP contribution in [0.4, 0.5) is 5.69 Å². The molecule has 0 bridgehead atoms. The Kier molecular flexibility index (Phi) is 5.09. The van der Waals surface area contributed by atoms with E-state index >= 15 is 0 Å². The van der Waals surface area contributed by atoms with Crippen LogP contribution in [0.15, 0.2) is 48.5 Å². The largest absolute Gasteiger partial charge is 0.383 e. The summed E-state index contributed by atoms with van der Waals surface area (Å²) in [5.74, 6) is 0.719. The first kappa shape index (κ1) is 15.1. The van der Waals surface area contributed by atoms with E-state index in [0.717, 1.165) is 43.0 Å². The lowest BCUT2D eigenvalue weighted by Crippen LogP contribution is -2.85. The normalized spacial score (nSPS) is 11.1. The van der Waals surface area contributed by atoms with E-state index in [-0.39, 0.29) is 0 Å². The summed E-state index contributed by atoms with van der Waals surface area (Å²) in [5.41, 5.74) is 3.55. The molecular formula is C18H22ClN3+2. The van der Waals surface area contributed by atoms with Gasteiger partial charge in [-0.05, 0) is 12.1 Å². The average molecular weight is 316 g/mol. The molecule has 3 rings (SSSR count). The number of hydrogen-bond acceptors (Lipinski definition) is 1. The van der Waals surface area contributed by atoms with Crippen molar-refractivity contribution in [2.75, 3.05) is 30.8 Å². The Morgan fingerprint density at radius 3 is 2.18 bits per heavy atom. The monoisotopic (exact) mass is 315 g/mol. The number of quaternary nitrogens is 1. The second kappa shape index (κ2) is 7.43. The highest BCUT2D eigenvalue weighted by Gasteiger charge is 2.12. The lowest BCUT2D eigenvalue weighted by molar-refractivity contribution is -0.650. The molecule has 4 heteroatoms. The average Bonchev–Trinajstić information content (AvgIpc) is 2.57. The minimum absolute atomic E-state index is 0.719. The first-order chi connectivity index (χ1) is 10.9. The number of alkyl halides is 1. The number of hydrogen-bond donors (Lipinski definition) is 2. The predicted octanol–water partition coefficient (Wildman–Crippen LogP) is 2.41. The van der Waals surface area contributed by atoms with Crippen molar-refractivity contribution < 1.29 is 10.3 Å². The third kappa shape index (κ3) is 3.32. The van der Waals surface area contributed by atoms with Crippen molar-refractivity contribution in [3.8, 4) is 0 Å². The number of fused-ring (bicyclic) bond motifs is 2. The Labute approximate surface area is 135 Å². The van der Waals surface area contributed by atoms with Crippen molar-refractivity contribution in [3.05, 3.63) is 48.5 Å². The van der Waals surface area contributed by atoms with E-state index in [4.69, 9.17) is 11.6 Å². The Hall–Kier alpha value is -1.84. The first-order valence-electron chi connectivity index (χ1n) is 7.84. The summed E-state index contributed by atoms with van der Waals surface area (Å²) in [7, 11) is 0. The van der Waals surface area contributed by atoms with E-state index in [9.17, 15) is 0 Å². The third-order valence-electron chi connectivity index (χ3n) is 3.86. The van der Waals surface area contributed by atoms with Gasteiger partial charge in [-0.15, -0.1) is 11.6 Å². The molecule has 0 aliphatic heterocycles. The standard InChI is InChI=1S/C18H20ClN3/c19-10-13-20-11-5-12-21-18-14-6-1-3-8-16(14)22-17-9-4-2-7-15(17)18/h1-4,6-9,20H,5,10-13H2,(H,21,22)/p+2. The van der Waals surface area contributed by atoms with Crippen LogP contribution in [0.3, 0.4) is 0 Å². The number of nitrogens with one attached hydrogen (secondary N) is 2. The lowest BCUT2D eigenvalue weighted by atomic mass is 10.1. The molecule has 2 aromatic carbocycles. The Bertz CT molecular complexity index is 703. The highest BCUT2D eigenvalue weighted by molar-refractivity contribution is 6.17. The summed E-state index contributed by atoms with van der Waals surface area (Å²) < 4.78 is 0. The van der Waals surface area contributed by atoms with Crippen LogP contribution in [0.5, 0.6) is 0 Å². The Morgan fingerprint density at radius 1 is 0.909 bits per heavy atom.